The van der Waals surface area contributed by atoms with Crippen LogP contribution in [0.15, 0.2) is 136 Å². The van der Waals surface area contributed by atoms with Crippen molar-refractivity contribution in [2.45, 2.75) is 32.5 Å². The van der Waals surface area contributed by atoms with Crippen molar-refractivity contribution in [3.8, 4) is 11.5 Å². The van der Waals surface area contributed by atoms with Gasteiger partial charge in [0.25, 0.3) is 46.4 Å². The van der Waals surface area contributed by atoms with Gasteiger partial charge < -0.3 is 25.8 Å². The summed E-state index contributed by atoms with van der Waals surface area (Å²) in [5.74, 6) is -3.45. The molecule has 1 aliphatic heterocycles. The lowest BCUT2D eigenvalue weighted by Gasteiger charge is -2.16. The molecule has 0 fully saturated rings. The summed E-state index contributed by atoms with van der Waals surface area (Å²) in [5, 5.41) is 40.6. The molecule has 0 spiro atoms. The lowest BCUT2D eigenvalue weighted by atomic mass is 10.1. The van der Waals surface area contributed by atoms with E-state index in [1.54, 1.807) is 6.92 Å². The first-order chi connectivity index (χ1) is 31.3. The Morgan fingerprint density at radius 3 is 2.00 bits per heavy atom. The van der Waals surface area contributed by atoms with Crippen LogP contribution in [-0.4, -0.2) is 92.8 Å². The number of nitrogens with one attached hydrogen (secondary N) is 2. The number of ether oxygens (including phenoxy) is 1. The highest BCUT2D eigenvalue weighted by molar-refractivity contribution is 7.87. The molecule has 0 saturated heterocycles. The molecule has 8 N–H and O–H groups in total. The molecule has 0 bridgehead atoms. The van der Waals surface area contributed by atoms with E-state index in [1.807, 2.05) is 0 Å². The highest BCUT2D eigenvalue weighted by Crippen LogP contribution is 2.44. The van der Waals surface area contributed by atoms with Crippen LogP contribution >= 0.6 is 0 Å². The third-order valence-electron chi connectivity index (χ3n) is 9.71. The number of hydrazone groups is 1. The maximum Gasteiger partial charge on any atom is 0.355 e. The van der Waals surface area contributed by atoms with Crippen molar-refractivity contribution in [1.29, 1.82) is 0 Å². The first-order valence-corrected chi connectivity index (χ1v) is 24.1. The number of fused-ring (bicyclic) bond motifs is 2. The van der Waals surface area contributed by atoms with E-state index in [0.29, 0.717) is 10.6 Å². The van der Waals surface area contributed by atoms with Crippen LogP contribution in [0.3, 0.4) is 0 Å². The zero-order valence-corrected chi connectivity index (χ0v) is 37.0. The summed E-state index contributed by atoms with van der Waals surface area (Å²) in [7, 11) is -18.3. The number of aryl methyl sites for hydroxylation is 1. The Balaban J connectivity index is 1.17. The van der Waals surface area contributed by atoms with Gasteiger partial charge in [0, 0.05) is 22.2 Å². The average Bonchev–Trinajstić information content (AvgIpc) is 3.58. The maximum absolute atomic E-state index is 13.2. The Kier molecular flexibility index (Phi) is 12.3. The standard InChI is InChI=1S/C38H30N8O17S4/c1-18-12-28(29(63-2)17-27(18)41-40-21-15-26-25(31(16-21)66(57,58)59)4-3-5-30(26)65(54,55)56)42-43-33-32(67(60,61)62)14-19-13-20(6-11-24(19)36(33)47)39-44-34-35(38(49)50)45-46(37(34)48)22-7-9-23(10-8-22)64(51,52)53/h3-17,34,40-41,47H,1-2H3,(H,49,50)(H,51,52,53)(H,54,55,56)(H,57,58,59)(H,60,61,62). The number of amides is 1. The molecule has 29 heteroatoms. The summed E-state index contributed by atoms with van der Waals surface area (Å²) in [5.41, 5.74) is 4.35. The van der Waals surface area contributed by atoms with Crippen molar-refractivity contribution < 1.29 is 76.4 Å². The molecule has 1 heterocycles. The van der Waals surface area contributed by atoms with Crippen LogP contribution in [0.2, 0.25) is 0 Å². The summed E-state index contributed by atoms with van der Waals surface area (Å²) in [6, 6.07) is 15.3. The van der Waals surface area contributed by atoms with Crippen LogP contribution in [-0.2, 0) is 50.1 Å². The fraction of sp³-hybridized carbons (Fsp3) is 0.0789. The van der Waals surface area contributed by atoms with Crippen LogP contribution in [0.25, 0.3) is 21.5 Å². The Labute approximate surface area is 377 Å². The number of phenolic OH excluding ortho intramolecular Hbond substituents is 1. The van der Waals surface area contributed by atoms with E-state index >= 15 is 0 Å². The molecule has 348 valence electrons. The minimum atomic E-state index is -5.16. The molecular formula is C38H30N8O17S4. The summed E-state index contributed by atoms with van der Waals surface area (Å²) < 4.78 is 141. The number of benzene rings is 6. The van der Waals surface area contributed by atoms with E-state index in [-0.39, 0.29) is 55.7 Å². The Bertz CT molecular complexity index is 3660. The number of carbonyl (C=O) groups excluding carboxylic acids is 1. The molecular weight excluding hydrogens is 969 g/mol. The molecule has 7 rings (SSSR count). The number of phenols is 1. The lowest BCUT2D eigenvalue weighted by molar-refractivity contribution is -0.130. The summed E-state index contributed by atoms with van der Waals surface area (Å²) in [4.78, 5) is 22.5. The number of nitrogens with zero attached hydrogens (tertiary/aromatic N) is 6. The minimum absolute atomic E-state index is 0.0110. The van der Waals surface area contributed by atoms with Gasteiger partial charge in [0.2, 0.25) is 6.04 Å². The Morgan fingerprint density at radius 2 is 1.39 bits per heavy atom. The maximum atomic E-state index is 13.2. The number of carboxylic acids is 1. The first kappa shape index (κ1) is 47.5. The molecule has 0 aromatic heterocycles. The third kappa shape index (κ3) is 9.73. The smallest absolute Gasteiger partial charge is 0.355 e. The quantitative estimate of drug-likeness (QED) is 0.0363. The number of aromatic hydroxyl groups is 1. The minimum Gasteiger partial charge on any atom is -0.505 e. The van der Waals surface area contributed by atoms with Crippen LogP contribution < -0.4 is 20.6 Å². The molecule has 25 nitrogen and oxygen atoms in total. The zero-order valence-electron chi connectivity index (χ0n) is 33.7. The number of hydrogen-bond donors (Lipinski definition) is 8. The van der Waals surface area contributed by atoms with Crippen molar-refractivity contribution in [2.75, 3.05) is 23.0 Å². The lowest BCUT2D eigenvalue weighted by Crippen LogP contribution is -2.33. The number of carboxylic acid groups (broad SMARTS) is 1. The summed E-state index contributed by atoms with van der Waals surface area (Å²) in [6.07, 6.45) is 0. The highest BCUT2D eigenvalue weighted by Gasteiger charge is 2.41. The molecule has 0 saturated carbocycles. The topological polar surface area (TPSA) is 390 Å². The van der Waals surface area contributed by atoms with Crippen molar-refractivity contribution in [1.82, 2.24) is 0 Å². The SMILES string of the molecule is COc1cc(NNc2cc(S(=O)(=O)O)c3cccc(S(=O)(=O)O)c3c2)c(C)cc1N=Nc1c(S(=O)(=O)O)cc2cc(N=NC3C(=O)N(c4ccc(S(=O)(=O)O)cc4)N=C3C(=O)O)ccc2c1O. The van der Waals surface area contributed by atoms with Gasteiger partial charge in [0.05, 0.1) is 34.8 Å². The second kappa shape index (κ2) is 17.4. The fourth-order valence-corrected chi connectivity index (χ4v) is 9.17. The van der Waals surface area contributed by atoms with E-state index in [9.17, 15) is 71.7 Å². The van der Waals surface area contributed by atoms with Crippen molar-refractivity contribution in [3.05, 3.63) is 96.6 Å². The summed E-state index contributed by atoms with van der Waals surface area (Å²) in [6.45, 7) is 1.57. The number of hydrazine groups is 1. The van der Waals surface area contributed by atoms with E-state index in [0.717, 1.165) is 42.5 Å². The number of carbonyl (C=O) groups is 2. The molecule has 0 radical (unpaired) electrons. The normalized spacial score (nSPS) is 14.9. The van der Waals surface area contributed by atoms with Crippen molar-refractivity contribution in [2.24, 2.45) is 25.6 Å². The van der Waals surface area contributed by atoms with Gasteiger partial charge in [-0.1, -0.05) is 12.1 Å². The Hall–Kier alpha value is -7.51. The average molecular weight is 999 g/mol. The molecule has 67 heavy (non-hydrogen) atoms. The van der Waals surface area contributed by atoms with Crippen LogP contribution in [0.4, 0.5) is 34.1 Å². The van der Waals surface area contributed by atoms with Crippen molar-refractivity contribution in [3.63, 3.8) is 0 Å². The largest absolute Gasteiger partial charge is 0.505 e. The number of azo groups is 2. The van der Waals surface area contributed by atoms with Crippen LogP contribution in [0.1, 0.15) is 5.56 Å². The first-order valence-electron chi connectivity index (χ1n) is 18.3. The molecule has 1 unspecified atom stereocenters. The van der Waals surface area contributed by atoms with Crippen LogP contribution in [0, 0.1) is 6.92 Å². The van der Waals surface area contributed by atoms with Gasteiger partial charge in [-0.25, -0.2) is 4.79 Å². The molecule has 6 aromatic rings. The van der Waals surface area contributed by atoms with Gasteiger partial charge >= 0.3 is 5.97 Å². The number of methoxy groups -OCH3 is 1. The number of rotatable bonds is 14. The molecule has 6 aromatic carbocycles. The van der Waals surface area contributed by atoms with Gasteiger partial charge in [-0.15, -0.1) is 10.2 Å². The van der Waals surface area contributed by atoms with E-state index in [1.165, 1.54) is 55.6 Å². The van der Waals surface area contributed by atoms with Gasteiger partial charge in [-0.05, 0) is 90.7 Å². The second-order valence-electron chi connectivity index (χ2n) is 14.0. The Morgan fingerprint density at radius 1 is 0.716 bits per heavy atom. The monoisotopic (exact) mass is 998 g/mol. The molecule has 0 aliphatic carbocycles. The zero-order chi connectivity index (χ0) is 49.0. The van der Waals surface area contributed by atoms with Crippen LogP contribution in [0.5, 0.6) is 11.5 Å². The van der Waals surface area contributed by atoms with Gasteiger partial charge in [0.1, 0.15) is 31.8 Å². The molecule has 1 atom stereocenters. The van der Waals surface area contributed by atoms with Gasteiger partial charge in [-0.3, -0.25) is 23.0 Å². The van der Waals surface area contributed by atoms with Gasteiger partial charge in [0.15, 0.2) is 11.5 Å². The third-order valence-corrected chi connectivity index (χ3v) is 13.2. The van der Waals surface area contributed by atoms with E-state index in [2.05, 4.69) is 36.4 Å². The van der Waals surface area contributed by atoms with Gasteiger partial charge in [-0.2, -0.15) is 54.0 Å². The predicted molar refractivity (Wildman–Crippen MR) is 235 cm³/mol. The number of aliphatic carboxylic acids is 1. The highest BCUT2D eigenvalue weighted by atomic mass is 32.2. The number of hydrogen-bond acceptors (Lipinski definition) is 19. The fourth-order valence-electron chi connectivity index (χ4n) is 6.60. The van der Waals surface area contributed by atoms with E-state index < -0.39 is 95.1 Å². The predicted octanol–water partition coefficient (Wildman–Crippen LogP) is 5.80. The summed E-state index contributed by atoms with van der Waals surface area (Å²) >= 11 is 0. The van der Waals surface area contributed by atoms with Crippen molar-refractivity contribution >= 4 is 114 Å². The van der Waals surface area contributed by atoms with E-state index in [4.69, 9.17) is 4.74 Å². The molecule has 1 aliphatic rings. The molecule has 1 amide bonds. The number of anilines is 3. The second-order valence-corrected chi connectivity index (χ2v) is 19.6.